The second-order valence-electron chi connectivity index (χ2n) is 5.14. The molecule has 0 aliphatic heterocycles. The van der Waals surface area contributed by atoms with Gasteiger partial charge in [-0.25, -0.2) is 8.42 Å². The summed E-state index contributed by atoms with van der Waals surface area (Å²) in [5, 5.41) is 11.1. The normalized spacial score (nSPS) is 13.3. The van der Waals surface area contributed by atoms with Crippen LogP contribution in [-0.4, -0.2) is 19.6 Å². The molecule has 0 heterocycles. The summed E-state index contributed by atoms with van der Waals surface area (Å²) in [6, 6.07) is 18.2. The van der Waals surface area contributed by atoms with Crippen molar-refractivity contribution in [1.29, 1.82) is 0 Å². The molecule has 2 aromatic carbocycles. The Labute approximate surface area is 131 Å². The van der Waals surface area contributed by atoms with E-state index in [1.54, 1.807) is 30.3 Å². The van der Waals surface area contributed by atoms with Crippen LogP contribution in [0.25, 0.3) is 0 Å². The van der Waals surface area contributed by atoms with E-state index >= 15 is 0 Å². The molecule has 0 amide bonds. The van der Waals surface area contributed by atoms with Crippen LogP contribution in [0.4, 0.5) is 0 Å². The molecule has 2 aromatic rings. The van der Waals surface area contributed by atoms with Gasteiger partial charge in [0.15, 0.2) is 9.84 Å². The van der Waals surface area contributed by atoms with Crippen molar-refractivity contribution in [2.24, 2.45) is 0 Å². The number of hydrogen-bond acceptors (Lipinski definition) is 3. The Morgan fingerprint density at radius 1 is 0.955 bits per heavy atom. The van der Waals surface area contributed by atoms with Crippen molar-refractivity contribution in [3.05, 3.63) is 77.7 Å². The Kier molecular flexibility index (Phi) is 5.92. The summed E-state index contributed by atoms with van der Waals surface area (Å²) < 4.78 is 24.0. The molecule has 0 aliphatic carbocycles. The van der Waals surface area contributed by atoms with Crippen LogP contribution in [-0.2, 0) is 16.3 Å². The Balaban J connectivity index is 1.84. The average Bonchev–Trinajstić information content (AvgIpc) is 2.54. The topological polar surface area (TPSA) is 54.4 Å². The Morgan fingerprint density at radius 3 is 2.18 bits per heavy atom. The van der Waals surface area contributed by atoms with Crippen LogP contribution in [0.3, 0.4) is 0 Å². The van der Waals surface area contributed by atoms with Crippen LogP contribution in [0, 0.1) is 0 Å². The summed E-state index contributed by atoms with van der Waals surface area (Å²) in [7, 11) is -3.41. The number of sulfone groups is 1. The fraction of sp³-hybridized carbons (Fsp3) is 0.222. The molecule has 0 spiro atoms. The van der Waals surface area contributed by atoms with E-state index in [-0.39, 0.29) is 4.90 Å². The molecule has 0 aromatic heterocycles. The summed E-state index contributed by atoms with van der Waals surface area (Å²) in [6.45, 7) is 0. The minimum atomic E-state index is -3.41. The highest BCUT2D eigenvalue weighted by molar-refractivity contribution is 7.94. The molecule has 2 rings (SSSR count). The predicted molar refractivity (Wildman–Crippen MR) is 88.2 cm³/mol. The number of benzene rings is 2. The monoisotopic (exact) mass is 316 g/mol. The molecule has 1 atom stereocenters. The molecule has 22 heavy (non-hydrogen) atoms. The quantitative estimate of drug-likeness (QED) is 0.852. The number of hydrogen-bond donors (Lipinski definition) is 1. The zero-order chi connectivity index (χ0) is 15.8. The molecule has 0 radical (unpaired) electrons. The lowest BCUT2D eigenvalue weighted by Gasteiger charge is -2.07. The zero-order valence-electron chi connectivity index (χ0n) is 12.3. The van der Waals surface area contributed by atoms with E-state index < -0.39 is 15.9 Å². The summed E-state index contributed by atoms with van der Waals surface area (Å²) in [5.74, 6) is 0. The number of aryl methyl sites for hydroxylation is 1. The summed E-state index contributed by atoms with van der Waals surface area (Å²) in [5.41, 5.74) is 1.17. The van der Waals surface area contributed by atoms with Gasteiger partial charge in [0.1, 0.15) is 0 Å². The van der Waals surface area contributed by atoms with Crippen molar-refractivity contribution >= 4 is 9.84 Å². The maximum Gasteiger partial charge on any atom is 0.199 e. The van der Waals surface area contributed by atoms with E-state index in [4.69, 9.17) is 0 Å². The van der Waals surface area contributed by atoms with Crippen molar-refractivity contribution in [2.75, 3.05) is 0 Å². The summed E-state index contributed by atoms with van der Waals surface area (Å²) in [6.07, 6.45) is 2.71. The molecule has 0 saturated heterocycles. The molecular weight excluding hydrogens is 296 g/mol. The molecular formula is C18H20O3S. The van der Waals surface area contributed by atoms with Crippen LogP contribution in [0.2, 0.25) is 0 Å². The highest BCUT2D eigenvalue weighted by atomic mass is 32.2. The molecule has 4 heteroatoms. The Hall–Kier alpha value is -1.91. The molecule has 3 nitrogen and oxygen atoms in total. The second-order valence-corrected chi connectivity index (χ2v) is 6.98. The molecule has 0 bridgehead atoms. The molecule has 1 unspecified atom stereocenters. The van der Waals surface area contributed by atoms with Gasteiger partial charge in [-0.2, -0.15) is 0 Å². The SMILES string of the molecule is O=S(=O)(/C=C/CC(O)CCc1ccccc1)c1ccccc1. The van der Waals surface area contributed by atoms with E-state index in [1.807, 2.05) is 30.3 Å². The molecule has 1 N–H and O–H groups in total. The first-order valence-electron chi connectivity index (χ1n) is 7.26. The van der Waals surface area contributed by atoms with Crippen LogP contribution < -0.4 is 0 Å². The van der Waals surface area contributed by atoms with Gasteiger partial charge < -0.3 is 5.11 Å². The lowest BCUT2D eigenvalue weighted by Crippen LogP contribution is -2.06. The fourth-order valence-corrected chi connectivity index (χ4v) is 3.18. The van der Waals surface area contributed by atoms with Gasteiger partial charge in [0.25, 0.3) is 0 Å². The van der Waals surface area contributed by atoms with Gasteiger partial charge in [0, 0.05) is 5.41 Å². The first-order chi connectivity index (χ1) is 10.6. The maximum atomic E-state index is 12.0. The lowest BCUT2D eigenvalue weighted by atomic mass is 10.1. The zero-order valence-corrected chi connectivity index (χ0v) is 13.1. The second kappa shape index (κ2) is 7.92. The van der Waals surface area contributed by atoms with Gasteiger partial charge in [0.05, 0.1) is 11.0 Å². The van der Waals surface area contributed by atoms with E-state index in [2.05, 4.69) is 0 Å². The maximum absolute atomic E-state index is 12.0. The van der Waals surface area contributed by atoms with Crippen molar-refractivity contribution < 1.29 is 13.5 Å². The van der Waals surface area contributed by atoms with E-state index in [0.717, 1.165) is 6.42 Å². The van der Waals surface area contributed by atoms with Crippen molar-refractivity contribution in [3.63, 3.8) is 0 Å². The molecule has 0 aliphatic rings. The van der Waals surface area contributed by atoms with E-state index in [1.165, 1.54) is 17.0 Å². The van der Waals surface area contributed by atoms with Crippen molar-refractivity contribution in [3.8, 4) is 0 Å². The minimum Gasteiger partial charge on any atom is -0.393 e. The standard InChI is InChI=1S/C18H20O3S/c19-17(14-13-16-8-3-1-4-9-16)10-7-15-22(20,21)18-11-5-2-6-12-18/h1-9,11-12,15,17,19H,10,13-14H2/b15-7+. The fourth-order valence-electron chi connectivity index (χ4n) is 2.12. The third-order valence-corrected chi connectivity index (χ3v) is 4.84. The minimum absolute atomic E-state index is 0.269. The average molecular weight is 316 g/mol. The summed E-state index contributed by atoms with van der Waals surface area (Å²) >= 11 is 0. The summed E-state index contributed by atoms with van der Waals surface area (Å²) in [4.78, 5) is 0.269. The smallest absolute Gasteiger partial charge is 0.199 e. The van der Waals surface area contributed by atoms with Gasteiger partial charge in [-0.15, -0.1) is 0 Å². The predicted octanol–water partition coefficient (Wildman–Crippen LogP) is 3.36. The first-order valence-corrected chi connectivity index (χ1v) is 8.81. The molecule has 0 fully saturated rings. The molecule has 116 valence electrons. The van der Waals surface area contributed by atoms with Gasteiger partial charge in [-0.05, 0) is 37.0 Å². The Morgan fingerprint density at radius 2 is 1.55 bits per heavy atom. The van der Waals surface area contributed by atoms with Crippen molar-refractivity contribution in [2.45, 2.75) is 30.3 Å². The Bertz CT molecular complexity index is 692. The number of rotatable bonds is 7. The number of aliphatic hydroxyl groups is 1. The van der Waals surface area contributed by atoms with Gasteiger partial charge >= 0.3 is 0 Å². The third kappa shape index (κ3) is 5.13. The van der Waals surface area contributed by atoms with E-state index in [0.29, 0.717) is 12.8 Å². The van der Waals surface area contributed by atoms with Gasteiger partial charge in [0.2, 0.25) is 0 Å². The van der Waals surface area contributed by atoms with Crippen LogP contribution >= 0.6 is 0 Å². The van der Waals surface area contributed by atoms with Crippen LogP contribution in [0.5, 0.6) is 0 Å². The lowest BCUT2D eigenvalue weighted by molar-refractivity contribution is 0.168. The highest BCUT2D eigenvalue weighted by Crippen LogP contribution is 2.13. The first kappa shape index (κ1) is 16.5. The van der Waals surface area contributed by atoms with Crippen LogP contribution in [0.1, 0.15) is 18.4 Å². The third-order valence-electron chi connectivity index (χ3n) is 3.36. The molecule has 0 saturated carbocycles. The van der Waals surface area contributed by atoms with Gasteiger partial charge in [-0.3, -0.25) is 0 Å². The highest BCUT2D eigenvalue weighted by Gasteiger charge is 2.09. The van der Waals surface area contributed by atoms with E-state index in [9.17, 15) is 13.5 Å². The van der Waals surface area contributed by atoms with Gasteiger partial charge in [-0.1, -0.05) is 54.6 Å². The van der Waals surface area contributed by atoms with Crippen molar-refractivity contribution in [1.82, 2.24) is 0 Å². The number of aliphatic hydroxyl groups excluding tert-OH is 1. The van der Waals surface area contributed by atoms with Crippen LogP contribution in [0.15, 0.2) is 77.0 Å². The largest absolute Gasteiger partial charge is 0.393 e.